The molecule has 1 saturated carbocycles. The van der Waals surface area contributed by atoms with Crippen LogP contribution in [0.15, 0.2) is 24.3 Å². The molecule has 1 aromatic rings. The van der Waals surface area contributed by atoms with Crippen LogP contribution in [-0.4, -0.2) is 17.2 Å². The van der Waals surface area contributed by atoms with Gasteiger partial charge in [0, 0.05) is 0 Å². The summed E-state index contributed by atoms with van der Waals surface area (Å²) < 4.78 is 18.9. The lowest BCUT2D eigenvalue weighted by atomic mass is 9.86. The van der Waals surface area contributed by atoms with E-state index in [4.69, 9.17) is 9.84 Å². The molecule has 1 aliphatic carbocycles. The molecular weight excluding hydrogens is 223 g/mol. The van der Waals surface area contributed by atoms with Crippen molar-refractivity contribution < 1.29 is 19.0 Å². The number of hydrogen-bond donors (Lipinski definition) is 1. The van der Waals surface area contributed by atoms with Crippen molar-refractivity contribution >= 4 is 5.97 Å². The highest BCUT2D eigenvalue weighted by atomic mass is 19.1. The quantitative estimate of drug-likeness (QED) is 0.880. The van der Waals surface area contributed by atoms with Gasteiger partial charge in [0.1, 0.15) is 6.10 Å². The Labute approximate surface area is 99.2 Å². The van der Waals surface area contributed by atoms with Crippen LogP contribution in [0.5, 0.6) is 5.75 Å². The van der Waals surface area contributed by atoms with Gasteiger partial charge in [-0.05, 0) is 31.4 Å². The van der Waals surface area contributed by atoms with Gasteiger partial charge in [0.25, 0.3) is 0 Å². The summed E-state index contributed by atoms with van der Waals surface area (Å²) in [6.45, 7) is 0. The maximum Gasteiger partial charge on any atom is 0.310 e. The van der Waals surface area contributed by atoms with E-state index in [1.165, 1.54) is 12.1 Å². The zero-order chi connectivity index (χ0) is 12.3. The van der Waals surface area contributed by atoms with E-state index in [0.29, 0.717) is 12.8 Å². The molecule has 1 aromatic carbocycles. The molecule has 0 radical (unpaired) electrons. The Morgan fingerprint density at radius 1 is 1.29 bits per heavy atom. The van der Waals surface area contributed by atoms with E-state index in [1.54, 1.807) is 12.1 Å². The van der Waals surface area contributed by atoms with Crippen molar-refractivity contribution in [1.29, 1.82) is 0 Å². The highest BCUT2D eigenvalue weighted by Crippen LogP contribution is 2.29. The number of carbonyl (C=O) groups is 1. The average molecular weight is 238 g/mol. The summed E-state index contributed by atoms with van der Waals surface area (Å²) in [5.41, 5.74) is 0. The van der Waals surface area contributed by atoms with Gasteiger partial charge in [-0.15, -0.1) is 0 Å². The largest absolute Gasteiger partial charge is 0.486 e. The van der Waals surface area contributed by atoms with Crippen LogP contribution in [0.2, 0.25) is 0 Å². The average Bonchev–Trinajstić information content (AvgIpc) is 2.32. The van der Waals surface area contributed by atoms with E-state index in [0.717, 1.165) is 12.8 Å². The van der Waals surface area contributed by atoms with Crippen molar-refractivity contribution in [2.45, 2.75) is 31.8 Å². The minimum atomic E-state index is -0.856. The molecule has 0 amide bonds. The van der Waals surface area contributed by atoms with E-state index in [-0.39, 0.29) is 5.75 Å². The first-order valence-electron chi connectivity index (χ1n) is 5.82. The molecule has 92 valence electrons. The number of aliphatic carboxylic acids is 1. The Morgan fingerprint density at radius 3 is 2.71 bits per heavy atom. The molecule has 2 rings (SSSR count). The molecule has 1 aliphatic rings. The molecular formula is C13H15FO3. The number of benzene rings is 1. The second-order valence-electron chi connectivity index (χ2n) is 4.32. The highest BCUT2D eigenvalue weighted by molar-refractivity contribution is 5.70. The molecule has 2 atom stereocenters. The van der Waals surface area contributed by atoms with Gasteiger partial charge in [-0.1, -0.05) is 18.6 Å². The summed E-state index contributed by atoms with van der Waals surface area (Å²) in [6.07, 6.45) is 2.69. The van der Waals surface area contributed by atoms with E-state index < -0.39 is 23.8 Å². The zero-order valence-corrected chi connectivity index (χ0v) is 9.43. The fourth-order valence-corrected chi connectivity index (χ4v) is 2.22. The Morgan fingerprint density at radius 2 is 2.00 bits per heavy atom. The maximum atomic E-state index is 13.4. The fourth-order valence-electron chi connectivity index (χ4n) is 2.22. The first-order valence-corrected chi connectivity index (χ1v) is 5.82. The zero-order valence-electron chi connectivity index (χ0n) is 9.43. The lowest BCUT2D eigenvalue weighted by molar-refractivity contribution is -0.146. The normalized spacial score (nSPS) is 24.3. The number of hydrogen-bond acceptors (Lipinski definition) is 2. The highest BCUT2D eigenvalue weighted by Gasteiger charge is 2.32. The topological polar surface area (TPSA) is 46.5 Å². The lowest BCUT2D eigenvalue weighted by Crippen LogP contribution is -2.35. The van der Waals surface area contributed by atoms with Gasteiger partial charge in [-0.25, -0.2) is 4.39 Å². The molecule has 0 heterocycles. The third-order valence-electron chi connectivity index (χ3n) is 3.13. The predicted molar refractivity (Wildman–Crippen MR) is 60.4 cm³/mol. The number of carboxylic acid groups (broad SMARTS) is 1. The van der Waals surface area contributed by atoms with E-state index in [1.807, 2.05) is 0 Å². The number of para-hydroxylation sites is 1. The maximum absolute atomic E-state index is 13.4. The van der Waals surface area contributed by atoms with E-state index >= 15 is 0 Å². The minimum Gasteiger partial charge on any atom is -0.486 e. The van der Waals surface area contributed by atoms with Crippen LogP contribution in [0, 0.1) is 11.7 Å². The molecule has 0 aliphatic heterocycles. The summed E-state index contributed by atoms with van der Waals surface area (Å²) >= 11 is 0. The second-order valence-corrected chi connectivity index (χ2v) is 4.32. The van der Waals surface area contributed by atoms with Crippen LogP contribution >= 0.6 is 0 Å². The number of rotatable bonds is 3. The van der Waals surface area contributed by atoms with Gasteiger partial charge in [-0.3, -0.25) is 4.79 Å². The molecule has 0 aromatic heterocycles. The Bertz CT molecular complexity index is 405. The smallest absolute Gasteiger partial charge is 0.310 e. The standard InChI is InChI=1S/C13H15FO3/c14-10-6-2-4-8-12(10)17-11-7-3-1-5-9(11)13(15)16/h2,4,6,8-9,11H,1,3,5,7H2,(H,15,16). The molecule has 0 spiro atoms. The number of halogens is 1. The summed E-state index contributed by atoms with van der Waals surface area (Å²) in [6, 6.07) is 6.10. The fraction of sp³-hybridized carbons (Fsp3) is 0.462. The second kappa shape index (κ2) is 5.17. The minimum absolute atomic E-state index is 0.144. The van der Waals surface area contributed by atoms with Crippen LogP contribution in [0.1, 0.15) is 25.7 Å². The van der Waals surface area contributed by atoms with Crippen LogP contribution in [0.3, 0.4) is 0 Å². The van der Waals surface area contributed by atoms with Gasteiger partial charge in [0.2, 0.25) is 0 Å². The molecule has 2 unspecified atom stereocenters. The molecule has 3 nitrogen and oxygen atoms in total. The molecule has 17 heavy (non-hydrogen) atoms. The van der Waals surface area contributed by atoms with E-state index in [2.05, 4.69) is 0 Å². The summed E-state index contributed by atoms with van der Waals surface area (Å²) in [4.78, 5) is 11.1. The summed E-state index contributed by atoms with van der Waals surface area (Å²) in [5.74, 6) is -1.68. The third kappa shape index (κ3) is 2.75. The molecule has 0 bridgehead atoms. The number of ether oxygens (including phenoxy) is 1. The van der Waals surface area contributed by atoms with Crippen molar-refractivity contribution in [2.24, 2.45) is 5.92 Å². The summed E-state index contributed by atoms with van der Waals surface area (Å²) in [7, 11) is 0. The Kier molecular flexibility index (Phi) is 3.61. The summed E-state index contributed by atoms with van der Waals surface area (Å²) in [5, 5.41) is 9.08. The predicted octanol–water partition coefficient (Wildman–Crippen LogP) is 2.85. The molecule has 1 fully saturated rings. The third-order valence-corrected chi connectivity index (χ3v) is 3.13. The van der Waals surface area contributed by atoms with Crippen LogP contribution in [0.25, 0.3) is 0 Å². The van der Waals surface area contributed by atoms with Crippen LogP contribution < -0.4 is 4.74 Å². The first kappa shape index (κ1) is 11.9. The SMILES string of the molecule is O=C(O)C1CCCCC1Oc1ccccc1F. The Hall–Kier alpha value is -1.58. The van der Waals surface area contributed by atoms with Gasteiger partial charge < -0.3 is 9.84 Å². The lowest BCUT2D eigenvalue weighted by Gasteiger charge is -2.29. The van der Waals surface area contributed by atoms with Crippen LogP contribution in [-0.2, 0) is 4.79 Å². The van der Waals surface area contributed by atoms with Crippen molar-refractivity contribution in [3.8, 4) is 5.75 Å². The van der Waals surface area contributed by atoms with Crippen LogP contribution in [0.4, 0.5) is 4.39 Å². The van der Waals surface area contributed by atoms with Crippen molar-refractivity contribution in [3.63, 3.8) is 0 Å². The molecule has 0 saturated heterocycles. The monoisotopic (exact) mass is 238 g/mol. The van der Waals surface area contributed by atoms with Gasteiger partial charge >= 0.3 is 5.97 Å². The Balaban J connectivity index is 2.11. The van der Waals surface area contributed by atoms with Crippen molar-refractivity contribution in [2.75, 3.05) is 0 Å². The van der Waals surface area contributed by atoms with Gasteiger partial charge in [-0.2, -0.15) is 0 Å². The van der Waals surface area contributed by atoms with Gasteiger partial charge in [0.05, 0.1) is 5.92 Å². The van der Waals surface area contributed by atoms with E-state index in [9.17, 15) is 9.18 Å². The van der Waals surface area contributed by atoms with Gasteiger partial charge in [0.15, 0.2) is 11.6 Å². The van der Waals surface area contributed by atoms with Crippen molar-refractivity contribution in [3.05, 3.63) is 30.1 Å². The molecule has 4 heteroatoms. The first-order chi connectivity index (χ1) is 8.18. The molecule has 1 N–H and O–H groups in total. The number of carboxylic acids is 1. The van der Waals surface area contributed by atoms with Crippen molar-refractivity contribution in [1.82, 2.24) is 0 Å².